The van der Waals surface area contributed by atoms with Crippen LogP contribution in [0.25, 0.3) is 0 Å². The largest absolute Gasteiger partial charge is 0.330 e. The number of hydrogen-bond acceptors (Lipinski definition) is 4. The van der Waals surface area contributed by atoms with Crippen LogP contribution in [-0.2, 0) is 20.8 Å². The number of nitrogens with two attached hydrogens (primary N) is 1. The van der Waals surface area contributed by atoms with Gasteiger partial charge in [0.1, 0.15) is 5.78 Å². The van der Waals surface area contributed by atoms with Crippen LogP contribution >= 0.6 is 0 Å². The summed E-state index contributed by atoms with van der Waals surface area (Å²) in [7, 11) is 0. The van der Waals surface area contributed by atoms with Crippen molar-refractivity contribution in [3.8, 4) is 0 Å². The second-order valence-corrected chi connectivity index (χ2v) is 10.2. The summed E-state index contributed by atoms with van der Waals surface area (Å²) < 4.78 is 0. The van der Waals surface area contributed by atoms with Crippen molar-refractivity contribution in [2.24, 2.45) is 28.9 Å². The third kappa shape index (κ3) is 7.37. The first kappa shape index (κ1) is 28.2. The molecule has 0 bridgehead atoms. The van der Waals surface area contributed by atoms with Crippen molar-refractivity contribution in [2.45, 2.75) is 92.9 Å². The van der Waals surface area contributed by atoms with Gasteiger partial charge in [0.25, 0.3) is 0 Å². The first-order valence-electron chi connectivity index (χ1n) is 12.4. The molecule has 1 rings (SSSR count). The predicted molar refractivity (Wildman–Crippen MR) is 133 cm³/mol. The monoisotopic (exact) mass is 443 g/mol. The van der Waals surface area contributed by atoms with Crippen LogP contribution in [-0.4, -0.2) is 23.9 Å². The molecule has 0 amide bonds. The Morgan fingerprint density at radius 1 is 0.938 bits per heavy atom. The van der Waals surface area contributed by atoms with E-state index in [1.165, 1.54) is 24.0 Å². The van der Waals surface area contributed by atoms with Gasteiger partial charge in [-0.05, 0) is 56.1 Å². The number of ketones is 3. The Hall–Kier alpha value is -1.81. The molecule has 4 nitrogen and oxygen atoms in total. The molecule has 0 aromatic heterocycles. The number of unbranched alkanes of at least 4 members (excludes halogenated alkanes) is 1. The molecule has 2 N–H and O–H groups in total. The standard InChI is InChI=1S/C28H45NO3/c1-8-9-15-23-16-10-11-17-24(23)22(5)19(2)13-12-14-20(3)26(31)28(6,7)27(32)25(30)21(4)18-29/h10-11,16-17,19-22H,8-9,12-15,18,29H2,1-7H3. The van der Waals surface area contributed by atoms with Gasteiger partial charge in [-0.1, -0.05) is 78.1 Å². The van der Waals surface area contributed by atoms with Gasteiger partial charge in [-0.2, -0.15) is 0 Å². The topological polar surface area (TPSA) is 77.2 Å². The fourth-order valence-corrected chi connectivity index (χ4v) is 4.37. The van der Waals surface area contributed by atoms with E-state index in [0.29, 0.717) is 11.8 Å². The van der Waals surface area contributed by atoms with Crippen molar-refractivity contribution in [1.82, 2.24) is 0 Å². The minimum absolute atomic E-state index is 0.113. The van der Waals surface area contributed by atoms with Crippen LogP contribution in [0, 0.1) is 23.2 Å². The summed E-state index contributed by atoms with van der Waals surface area (Å²) >= 11 is 0. The highest BCUT2D eigenvalue weighted by atomic mass is 16.2. The maximum absolute atomic E-state index is 13.0. The zero-order valence-corrected chi connectivity index (χ0v) is 21.4. The Labute approximate surface area is 195 Å². The average Bonchev–Trinajstić information content (AvgIpc) is 2.79. The van der Waals surface area contributed by atoms with Crippen LogP contribution in [0.2, 0.25) is 0 Å². The molecule has 0 heterocycles. The lowest BCUT2D eigenvalue weighted by Crippen LogP contribution is -2.43. The lowest BCUT2D eigenvalue weighted by molar-refractivity contribution is -0.149. The number of benzene rings is 1. The van der Waals surface area contributed by atoms with E-state index in [1.807, 2.05) is 6.92 Å². The first-order valence-corrected chi connectivity index (χ1v) is 12.4. The maximum atomic E-state index is 13.0. The summed E-state index contributed by atoms with van der Waals surface area (Å²) in [6.45, 7) is 13.6. The highest BCUT2D eigenvalue weighted by Crippen LogP contribution is 2.32. The summed E-state index contributed by atoms with van der Waals surface area (Å²) in [4.78, 5) is 37.9. The molecule has 180 valence electrons. The highest BCUT2D eigenvalue weighted by molar-refractivity contribution is 6.43. The maximum Gasteiger partial charge on any atom is 0.211 e. The summed E-state index contributed by atoms with van der Waals surface area (Å²) in [6, 6.07) is 8.76. The molecule has 0 saturated carbocycles. The first-order chi connectivity index (χ1) is 15.0. The van der Waals surface area contributed by atoms with Crippen LogP contribution in [0.5, 0.6) is 0 Å². The molecule has 0 aliphatic carbocycles. The summed E-state index contributed by atoms with van der Waals surface area (Å²) in [6.07, 6.45) is 6.20. The molecule has 4 atom stereocenters. The van der Waals surface area contributed by atoms with Crippen molar-refractivity contribution >= 4 is 17.3 Å². The number of Topliss-reactive ketones (excluding diaryl/α,β-unsaturated/α-hetero) is 3. The van der Waals surface area contributed by atoms with Crippen molar-refractivity contribution in [1.29, 1.82) is 0 Å². The number of carbonyl (C=O) groups is 3. The van der Waals surface area contributed by atoms with Crippen molar-refractivity contribution in [2.75, 3.05) is 6.54 Å². The van der Waals surface area contributed by atoms with E-state index in [-0.39, 0.29) is 18.2 Å². The van der Waals surface area contributed by atoms with E-state index in [2.05, 4.69) is 45.0 Å². The van der Waals surface area contributed by atoms with Gasteiger partial charge in [0.05, 0.1) is 5.41 Å². The Morgan fingerprint density at radius 3 is 2.16 bits per heavy atom. The molecule has 0 aliphatic heterocycles. The zero-order chi connectivity index (χ0) is 24.5. The van der Waals surface area contributed by atoms with Gasteiger partial charge in [-0.3, -0.25) is 14.4 Å². The SMILES string of the molecule is CCCCc1ccccc1C(C)C(C)CCCC(C)C(=O)C(C)(C)C(=O)C(=O)C(C)CN. The fourth-order valence-electron chi connectivity index (χ4n) is 4.37. The molecule has 4 unspecified atom stereocenters. The summed E-state index contributed by atoms with van der Waals surface area (Å²) in [5.74, 6) is -1.14. The van der Waals surface area contributed by atoms with Crippen molar-refractivity contribution < 1.29 is 14.4 Å². The van der Waals surface area contributed by atoms with Crippen molar-refractivity contribution in [3.05, 3.63) is 35.4 Å². The lowest BCUT2D eigenvalue weighted by Gasteiger charge is -2.26. The van der Waals surface area contributed by atoms with Gasteiger partial charge >= 0.3 is 0 Å². The third-order valence-electron chi connectivity index (χ3n) is 7.15. The van der Waals surface area contributed by atoms with Crippen LogP contribution in [0.3, 0.4) is 0 Å². The molecule has 0 spiro atoms. The van der Waals surface area contributed by atoms with Crippen molar-refractivity contribution in [3.63, 3.8) is 0 Å². The Balaban J connectivity index is 2.68. The van der Waals surface area contributed by atoms with Gasteiger partial charge in [0.2, 0.25) is 11.6 Å². The number of carbonyl (C=O) groups excluding carboxylic acids is 3. The average molecular weight is 444 g/mol. The van der Waals surface area contributed by atoms with Gasteiger partial charge in [-0.15, -0.1) is 0 Å². The summed E-state index contributed by atoms with van der Waals surface area (Å²) in [5.41, 5.74) is 7.13. The molecular weight excluding hydrogens is 398 g/mol. The van der Waals surface area contributed by atoms with E-state index >= 15 is 0 Å². The molecule has 4 heteroatoms. The number of hydrogen-bond donors (Lipinski definition) is 1. The number of aryl methyl sites for hydroxylation is 1. The highest BCUT2D eigenvalue weighted by Gasteiger charge is 2.42. The van der Waals surface area contributed by atoms with E-state index in [0.717, 1.165) is 25.7 Å². The summed E-state index contributed by atoms with van der Waals surface area (Å²) in [5, 5.41) is 0. The Morgan fingerprint density at radius 2 is 1.56 bits per heavy atom. The van der Waals surface area contributed by atoms with E-state index < -0.39 is 22.9 Å². The minimum atomic E-state index is -1.29. The molecular formula is C28H45NO3. The molecule has 32 heavy (non-hydrogen) atoms. The fraction of sp³-hybridized carbons (Fsp3) is 0.679. The third-order valence-corrected chi connectivity index (χ3v) is 7.15. The van der Waals surface area contributed by atoms with Crippen LogP contribution in [0.1, 0.15) is 97.6 Å². The predicted octanol–water partition coefficient (Wildman–Crippen LogP) is 5.90. The molecule has 1 aromatic rings. The quantitative estimate of drug-likeness (QED) is 0.270. The van der Waals surface area contributed by atoms with Crippen LogP contribution in [0.15, 0.2) is 24.3 Å². The smallest absolute Gasteiger partial charge is 0.211 e. The van der Waals surface area contributed by atoms with E-state index in [1.54, 1.807) is 20.8 Å². The van der Waals surface area contributed by atoms with Crippen LogP contribution in [0.4, 0.5) is 0 Å². The van der Waals surface area contributed by atoms with Gasteiger partial charge < -0.3 is 5.73 Å². The molecule has 1 aromatic carbocycles. The lowest BCUT2D eigenvalue weighted by atomic mass is 9.74. The van der Waals surface area contributed by atoms with E-state index in [9.17, 15) is 14.4 Å². The minimum Gasteiger partial charge on any atom is -0.330 e. The molecule has 0 aliphatic rings. The molecule has 0 fully saturated rings. The molecule has 0 radical (unpaired) electrons. The Kier molecular flexibility index (Phi) is 11.5. The normalized spacial score (nSPS) is 15.6. The van der Waals surface area contributed by atoms with E-state index in [4.69, 9.17) is 5.73 Å². The number of rotatable bonds is 15. The van der Waals surface area contributed by atoms with Gasteiger partial charge in [0.15, 0.2) is 0 Å². The molecule has 0 saturated heterocycles. The van der Waals surface area contributed by atoms with Gasteiger partial charge in [0, 0.05) is 18.4 Å². The zero-order valence-electron chi connectivity index (χ0n) is 21.4. The second-order valence-electron chi connectivity index (χ2n) is 10.2. The van der Waals surface area contributed by atoms with Crippen LogP contribution < -0.4 is 5.73 Å². The Bertz CT molecular complexity index is 768. The second kappa shape index (κ2) is 13.0. The van der Waals surface area contributed by atoms with Gasteiger partial charge in [-0.25, -0.2) is 0 Å².